The number of piperidine rings is 1. The molecule has 5 fully saturated rings. The van der Waals surface area contributed by atoms with Crippen molar-refractivity contribution in [2.45, 2.75) is 129 Å². The van der Waals surface area contributed by atoms with Crippen LogP contribution in [0, 0.1) is 46.3 Å². The van der Waals surface area contributed by atoms with Crippen molar-refractivity contribution in [1.29, 1.82) is 0 Å². The summed E-state index contributed by atoms with van der Waals surface area (Å²) in [5.41, 5.74) is 4.17. The van der Waals surface area contributed by atoms with Gasteiger partial charge in [0.05, 0.1) is 17.9 Å². The van der Waals surface area contributed by atoms with Crippen LogP contribution in [-0.2, 0) is 17.8 Å². The second-order valence-electron chi connectivity index (χ2n) is 17.8. The molecule has 6 aliphatic rings. The molecular weight excluding hydrogens is 608 g/mol. The van der Waals surface area contributed by atoms with Gasteiger partial charge in [0.2, 0.25) is 11.9 Å². The number of anilines is 1. The van der Waals surface area contributed by atoms with E-state index in [0.29, 0.717) is 54.4 Å². The van der Waals surface area contributed by atoms with Gasteiger partial charge in [-0.25, -0.2) is 9.97 Å². The lowest BCUT2D eigenvalue weighted by atomic mass is 9.43. The van der Waals surface area contributed by atoms with E-state index in [1.807, 2.05) is 11.1 Å². The number of aromatic nitrogens is 2. The smallest absolute Gasteiger partial charge is 0.225 e. The molecule has 1 saturated heterocycles. The largest absolute Gasteiger partial charge is 0.393 e. The fourth-order valence-electron chi connectivity index (χ4n) is 12.7. The number of carbonyl (C=O) groups excluding carboxylic acids is 1. The van der Waals surface area contributed by atoms with Crippen LogP contribution >= 0.6 is 0 Å². The van der Waals surface area contributed by atoms with Crippen LogP contribution in [0.15, 0.2) is 36.5 Å². The molecule has 10 atom stereocenters. The van der Waals surface area contributed by atoms with E-state index in [2.05, 4.69) is 56.0 Å². The van der Waals surface area contributed by atoms with E-state index in [9.17, 15) is 15.0 Å². The summed E-state index contributed by atoms with van der Waals surface area (Å²) in [5, 5.41) is 22.0. The fraction of sp³-hybridized carbons (Fsp3) is 0.738. The number of benzene rings is 1. The molecule has 1 aromatic carbocycles. The van der Waals surface area contributed by atoms with Gasteiger partial charge in [-0.1, -0.05) is 51.1 Å². The van der Waals surface area contributed by atoms with Crippen molar-refractivity contribution in [3.63, 3.8) is 0 Å². The van der Waals surface area contributed by atoms with Crippen LogP contribution in [0.1, 0.15) is 121 Å². The highest BCUT2D eigenvalue weighted by atomic mass is 16.3. The molecule has 49 heavy (non-hydrogen) atoms. The maximum atomic E-state index is 13.6. The van der Waals surface area contributed by atoms with Crippen LogP contribution in [-0.4, -0.2) is 62.8 Å². The summed E-state index contributed by atoms with van der Waals surface area (Å²) in [6.45, 7) is 10.8. The van der Waals surface area contributed by atoms with Gasteiger partial charge in [-0.15, -0.1) is 0 Å². The zero-order chi connectivity index (χ0) is 33.9. The van der Waals surface area contributed by atoms with E-state index in [-0.39, 0.29) is 28.9 Å². The van der Waals surface area contributed by atoms with Gasteiger partial charge in [-0.3, -0.25) is 4.79 Å². The number of rotatable bonds is 6. The zero-order valence-corrected chi connectivity index (χ0v) is 30.3. The summed E-state index contributed by atoms with van der Waals surface area (Å²) in [5.74, 6) is 4.85. The van der Waals surface area contributed by atoms with E-state index < -0.39 is 0 Å². The average molecular weight is 669 g/mol. The maximum Gasteiger partial charge on any atom is 0.225 e. The van der Waals surface area contributed by atoms with Crippen LogP contribution < -0.4 is 4.90 Å². The minimum Gasteiger partial charge on any atom is -0.393 e. The highest BCUT2D eigenvalue weighted by molar-refractivity contribution is 5.76. The molecule has 3 heterocycles. The molecule has 0 unspecified atom stereocenters. The lowest BCUT2D eigenvalue weighted by Gasteiger charge is -2.62. The van der Waals surface area contributed by atoms with Crippen molar-refractivity contribution in [3.05, 3.63) is 53.3 Å². The first kappa shape index (κ1) is 33.6. The molecule has 1 amide bonds. The van der Waals surface area contributed by atoms with Crippen LogP contribution in [0.25, 0.3) is 0 Å². The Balaban J connectivity index is 0.850. The summed E-state index contributed by atoms with van der Waals surface area (Å²) < 4.78 is 0. The van der Waals surface area contributed by atoms with Crippen molar-refractivity contribution in [1.82, 2.24) is 14.9 Å². The third kappa shape index (κ3) is 6.03. The Kier molecular flexibility index (Phi) is 9.08. The first-order valence-corrected chi connectivity index (χ1v) is 19.9. The lowest BCUT2D eigenvalue weighted by Crippen LogP contribution is -2.58. The van der Waals surface area contributed by atoms with Crippen LogP contribution in [0.5, 0.6) is 0 Å². The number of aliphatic hydroxyl groups is 2. The van der Waals surface area contributed by atoms with Gasteiger partial charge < -0.3 is 20.0 Å². The molecule has 2 aromatic rings. The molecule has 4 aliphatic carbocycles. The average Bonchev–Trinajstić information content (AvgIpc) is 3.48. The van der Waals surface area contributed by atoms with Crippen LogP contribution in [0.4, 0.5) is 5.95 Å². The number of carbonyl (C=O) groups is 1. The predicted molar refractivity (Wildman–Crippen MR) is 193 cm³/mol. The van der Waals surface area contributed by atoms with Gasteiger partial charge in [0.25, 0.3) is 0 Å². The maximum absolute atomic E-state index is 13.6. The molecule has 4 saturated carbocycles. The Morgan fingerprint density at radius 1 is 0.939 bits per heavy atom. The summed E-state index contributed by atoms with van der Waals surface area (Å²) in [6, 6.07) is 10.9. The van der Waals surface area contributed by atoms with Gasteiger partial charge >= 0.3 is 0 Å². The van der Waals surface area contributed by atoms with E-state index >= 15 is 0 Å². The normalized spacial score (nSPS) is 38.3. The number of hydrogen-bond donors (Lipinski definition) is 2. The molecule has 0 spiro atoms. The first-order chi connectivity index (χ1) is 23.6. The molecular formula is C42H60N4O3. The number of nitrogens with zero attached hydrogens (tertiary/aromatic N) is 4. The summed E-state index contributed by atoms with van der Waals surface area (Å²) >= 11 is 0. The number of aliphatic hydroxyl groups excluding tert-OH is 2. The molecule has 266 valence electrons. The van der Waals surface area contributed by atoms with Gasteiger partial charge in [0.15, 0.2) is 0 Å². The molecule has 7 nitrogen and oxygen atoms in total. The molecule has 0 radical (unpaired) electrons. The Labute approximate surface area is 294 Å². The summed E-state index contributed by atoms with van der Waals surface area (Å²) in [7, 11) is 0. The topological polar surface area (TPSA) is 89.8 Å². The van der Waals surface area contributed by atoms with Crippen LogP contribution in [0.2, 0.25) is 0 Å². The Morgan fingerprint density at radius 3 is 2.49 bits per heavy atom. The molecule has 2 aliphatic heterocycles. The van der Waals surface area contributed by atoms with Crippen molar-refractivity contribution in [2.75, 3.05) is 24.5 Å². The second-order valence-corrected chi connectivity index (χ2v) is 17.8. The van der Waals surface area contributed by atoms with Crippen LogP contribution in [0.3, 0.4) is 0 Å². The van der Waals surface area contributed by atoms with Gasteiger partial charge in [0, 0.05) is 50.8 Å². The van der Waals surface area contributed by atoms with E-state index in [1.165, 1.54) is 31.2 Å². The number of amides is 1. The highest BCUT2D eigenvalue weighted by Crippen LogP contribution is 2.68. The van der Waals surface area contributed by atoms with Crippen molar-refractivity contribution >= 4 is 11.9 Å². The van der Waals surface area contributed by atoms with Gasteiger partial charge in [0.1, 0.15) is 0 Å². The lowest BCUT2D eigenvalue weighted by molar-refractivity contribution is -0.174. The molecule has 0 bridgehead atoms. The van der Waals surface area contributed by atoms with E-state index in [0.717, 1.165) is 88.2 Å². The molecule has 1 aromatic heterocycles. The zero-order valence-electron chi connectivity index (χ0n) is 30.3. The number of hydrogen-bond acceptors (Lipinski definition) is 6. The Hall–Kier alpha value is -2.51. The van der Waals surface area contributed by atoms with Crippen molar-refractivity contribution in [2.24, 2.45) is 46.3 Å². The third-order valence-corrected chi connectivity index (χ3v) is 15.6. The Bertz CT molecular complexity index is 1490. The minimum absolute atomic E-state index is 0.185. The predicted octanol–water partition coefficient (Wildman–Crippen LogP) is 7.15. The SMILES string of the molecule is C[C@H](CCC(=O)N1CCc2nc(N3CCC(c4ccccc4)CC3)ncc2C1)[C@H]1CC[C@H]2[C@@H]3[C@@H](O)C[C@@H]4C[C@H](O)CC[C@]4(C)[C@H]3CC[C@]12C. The summed E-state index contributed by atoms with van der Waals surface area (Å²) in [4.78, 5) is 27.8. The second kappa shape index (κ2) is 13.2. The summed E-state index contributed by atoms with van der Waals surface area (Å²) in [6.07, 6.45) is 14.9. The third-order valence-electron chi connectivity index (χ3n) is 15.6. The van der Waals surface area contributed by atoms with Gasteiger partial charge in [-0.2, -0.15) is 0 Å². The quantitative estimate of drug-likeness (QED) is 0.340. The van der Waals surface area contributed by atoms with Crippen molar-refractivity contribution in [3.8, 4) is 0 Å². The monoisotopic (exact) mass is 668 g/mol. The van der Waals surface area contributed by atoms with E-state index in [1.54, 1.807) is 0 Å². The molecule has 7 heteroatoms. The standard InChI is InChI=1S/C42H60N4O3/c1-27(33-10-11-34-39-35(14-19-42(33,34)3)41(2)18-13-32(47)23-31(41)24-37(39)48)9-12-38(49)46-22-17-36-30(26-46)25-43-40(44-36)45-20-15-29(16-21-45)28-7-5-4-6-8-28/h4-8,25,27,29,31-35,37,39,47-48H,9-24,26H2,1-3H3/t27-,31+,32-,33-,34+,35+,37+,39+,41+,42-/m1/s1. The minimum atomic E-state index is -0.234. The van der Waals surface area contributed by atoms with Crippen molar-refractivity contribution < 1.29 is 15.0 Å². The molecule has 2 N–H and O–H groups in total. The van der Waals surface area contributed by atoms with Gasteiger partial charge in [-0.05, 0) is 128 Å². The Morgan fingerprint density at radius 2 is 1.69 bits per heavy atom. The highest BCUT2D eigenvalue weighted by Gasteiger charge is 2.62. The molecule has 8 rings (SSSR count). The fourth-order valence-corrected chi connectivity index (χ4v) is 12.7. The van der Waals surface area contributed by atoms with E-state index in [4.69, 9.17) is 9.97 Å². The number of fused-ring (bicyclic) bond motifs is 6. The first-order valence-electron chi connectivity index (χ1n) is 19.9.